The van der Waals surface area contributed by atoms with Crippen LogP contribution in [-0.2, 0) is 0 Å². The van der Waals surface area contributed by atoms with Gasteiger partial charge in [0.1, 0.15) is 5.82 Å². The van der Waals surface area contributed by atoms with E-state index in [2.05, 4.69) is 41.9 Å². The number of hydrogen-bond donors (Lipinski definition) is 0. The molecule has 1 aliphatic rings. The molecule has 0 aliphatic carbocycles. The second-order valence-corrected chi connectivity index (χ2v) is 3.64. The van der Waals surface area contributed by atoms with Crippen LogP contribution in [0, 0.1) is 6.92 Å². The quantitative estimate of drug-likeness (QED) is 0.525. The van der Waals surface area contributed by atoms with Gasteiger partial charge in [-0.25, -0.2) is 4.98 Å². The maximum Gasteiger partial charge on any atom is 0.219 e. The van der Waals surface area contributed by atoms with Crippen molar-refractivity contribution in [2.75, 3.05) is 29.8 Å². The molecule has 1 aromatic rings. The van der Waals surface area contributed by atoms with Crippen molar-refractivity contribution in [3.8, 4) is 0 Å². The molecule has 0 aromatic carbocycles. The Morgan fingerprint density at radius 2 is 2.15 bits per heavy atom. The topological polar surface area (TPSA) is 19.4 Å². The molecule has 0 amide bonds. The van der Waals surface area contributed by atoms with Gasteiger partial charge in [-0.15, -0.1) is 0 Å². The summed E-state index contributed by atoms with van der Waals surface area (Å²) in [4.78, 5) is 8.99. The highest BCUT2D eigenvalue weighted by molar-refractivity contribution is 6.18. The molecule has 4 heteroatoms. The summed E-state index contributed by atoms with van der Waals surface area (Å²) < 4.78 is 0. The van der Waals surface area contributed by atoms with E-state index < -0.39 is 0 Å². The predicted molar refractivity (Wildman–Crippen MR) is 58.1 cm³/mol. The molecule has 2 rings (SSSR count). The number of nitrogens with zero attached hydrogens (tertiary/aromatic N) is 3. The molecule has 1 aromatic heterocycles. The normalized spacial score (nSPS) is 15.8. The zero-order chi connectivity index (χ0) is 9.42. The van der Waals surface area contributed by atoms with Crippen LogP contribution in [-0.4, -0.2) is 33.1 Å². The van der Waals surface area contributed by atoms with Crippen molar-refractivity contribution in [3.63, 3.8) is 0 Å². The third kappa shape index (κ3) is 1.36. The highest BCUT2D eigenvalue weighted by Crippen LogP contribution is 2.28. The van der Waals surface area contributed by atoms with Crippen LogP contribution in [0.4, 0.5) is 11.5 Å². The van der Waals surface area contributed by atoms with Crippen LogP contribution in [0.2, 0.25) is 0 Å². The Hall–Kier alpha value is -1.19. The first-order chi connectivity index (χ1) is 6.18. The number of pyridine rings is 1. The minimum atomic E-state index is 1.06. The Morgan fingerprint density at radius 3 is 2.92 bits per heavy atom. The molecule has 0 radical (unpaired) electrons. The lowest BCUT2D eigenvalue weighted by Crippen LogP contribution is -2.38. The van der Waals surface area contributed by atoms with E-state index in [0.29, 0.717) is 0 Å². The lowest BCUT2D eigenvalue weighted by Gasteiger charge is -2.34. The van der Waals surface area contributed by atoms with Gasteiger partial charge in [-0.1, -0.05) is 0 Å². The average Bonchev–Trinajstić information content (AvgIpc) is 2.12. The van der Waals surface area contributed by atoms with E-state index in [1.54, 1.807) is 0 Å². The third-order valence-electron chi connectivity index (χ3n) is 2.54. The molecule has 0 fully saturated rings. The summed E-state index contributed by atoms with van der Waals surface area (Å²) in [5.74, 6) is 1.11. The van der Waals surface area contributed by atoms with Crippen LogP contribution >= 0.6 is 0 Å². The molecule has 0 spiro atoms. The van der Waals surface area contributed by atoms with Crippen molar-refractivity contribution in [2.24, 2.45) is 0 Å². The third-order valence-corrected chi connectivity index (χ3v) is 2.54. The van der Waals surface area contributed by atoms with E-state index in [-0.39, 0.29) is 0 Å². The number of hydrogen-bond acceptors (Lipinski definition) is 3. The minimum absolute atomic E-state index is 1.06. The maximum atomic E-state index is 4.53. The van der Waals surface area contributed by atoms with E-state index >= 15 is 0 Å². The van der Waals surface area contributed by atoms with Crippen LogP contribution in [0.25, 0.3) is 0 Å². The Labute approximate surface area is 79.8 Å². The van der Waals surface area contributed by atoms with Gasteiger partial charge in [0.05, 0.1) is 5.69 Å². The first-order valence-corrected chi connectivity index (χ1v) is 4.58. The predicted octanol–water partition coefficient (Wildman–Crippen LogP) is 0.194. The smallest absolute Gasteiger partial charge is 0.219 e. The fourth-order valence-electron chi connectivity index (χ4n) is 1.64. The summed E-state index contributed by atoms with van der Waals surface area (Å²) in [7, 11) is 4.21. The van der Waals surface area contributed by atoms with Crippen molar-refractivity contribution in [1.29, 1.82) is 0 Å². The van der Waals surface area contributed by atoms with Gasteiger partial charge in [0.15, 0.2) is 0 Å². The first kappa shape index (κ1) is 8.41. The summed E-state index contributed by atoms with van der Waals surface area (Å²) in [6.45, 7) is 4.16. The molecular weight excluding hydrogens is 161 g/mol. The first-order valence-electron chi connectivity index (χ1n) is 4.58. The number of aryl methyl sites for hydroxylation is 1. The van der Waals surface area contributed by atoms with E-state index in [4.69, 9.17) is 0 Å². The second kappa shape index (κ2) is 2.94. The molecule has 68 valence electrons. The summed E-state index contributed by atoms with van der Waals surface area (Å²) in [5.41, 5.74) is 2.32. The van der Waals surface area contributed by atoms with Crippen LogP contribution in [0.1, 0.15) is 5.69 Å². The van der Waals surface area contributed by atoms with Gasteiger partial charge in [0, 0.05) is 25.8 Å². The average molecular weight is 175 g/mol. The Morgan fingerprint density at radius 1 is 1.38 bits per heavy atom. The molecule has 0 atom stereocenters. The number of aromatic nitrogens is 1. The monoisotopic (exact) mass is 175 g/mol. The van der Waals surface area contributed by atoms with Gasteiger partial charge < -0.3 is 9.71 Å². The van der Waals surface area contributed by atoms with Crippen molar-refractivity contribution >= 4 is 19.5 Å². The highest BCUT2D eigenvalue weighted by Gasteiger charge is 2.17. The van der Waals surface area contributed by atoms with Crippen molar-refractivity contribution in [3.05, 3.63) is 17.8 Å². The Balaban J connectivity index is 2.50. The van der Waals surface area contributed by atoms with Crippen LogP contribution in [0.15, 0.2) is 12.1 Å². The molecule has 0 N–H and O–H groups in total. The molecular formula is C9H14BN3. The zero-order valence-electron chi connectivity index (χ0n) is 8.41. The second-order valence-electron chi connectivity index (χ2n) is 3.64. The maximum absolute atomic E-state index is 4.53. The molecule has 0 unspecified atom stereocenters. The number of rotatable bonds is 0. The molecule has 0 saturated carbocycles. The molecule has 0 saturated heterocycles. The van der Waals surface area contributed by atoms with Crippen molar-refractivity contribution in [2.45, 2.75) is 6.92 Å². The van der Waals surface area contributed by atoms with E-state index in [9.17, 15) is 0 Å². The molecule has 2 heterocycles. The number of likely N-dealkylation sites (N-methyl/N-ethyl adjacent to an activating group) is 1. The molecule has 0 bridgehead atoms. The number of anilines is 2. The van der Waals surface area contributed by atoms with Gasteiger partial charge >= 0.3 is 0 Å². The highest BCUT2D eigenvalue weighted by atomic mass is 15.2. The van der Waals surface area contributed by atoms with Crippen molar-refractivity contribution < 1.29 is 0 Å². The van der Waals surface area contributed by atoms with E-state index in [0.717, 1.165) is 24.6 Å². The fraction of sp³-hybridized carbons (Fsp3) is 0.444. The standard InChI is InChI=1S/C9H14BN3/c1-7-3-4-8-9(11-7)13(10)6-5-12(8)2/h3-4H,5-6,10H2,1-2H3. The SMILES string of the molecule is BN1CCN(C)c2ccc(C)nc21. The fourth-order valence-corrected chi connectivity index (χ4v) is 1.64. The van der Waals surface area contributed by atoms with Crippen LogP contribution in [0.3, 0.4) is 0 Å². The Kier molecular flexibility index (Phi) is 1.91. The molecule has 3 nitrogen and oxygen atoms in total. The largest absolute Gasteiger partial charge is 0.404 e. The Bertz CT molecular complexity index is 327. The summed E-state index contributed by atoms with van der Waals surface area (Å²) in [6, 6.07) is 4.21. The molecule has 1 aliphatic heterocycles. The lowest BCUT2D eigenvalue weighted by atomic mass is 10.2. The molecule has 13 heavy (non-hydrogen) atoms. The zero-order valence-corrected chi connectivity index (χ0v) is 8.41. The van der Waals surface area contributed by atoms with Crippen LogP contribution in [0.5, 0.6) is 0 Å². The summed E-state index contributed by atoms with van der Waals surface area (Å²) >= 11 is 0. The minimum Gasteiger partial charge on any atom is -0.404 e. The van der Waals surface area contributed by atoms with Gasteiger partial charge in [0.25, 0.3) is 0 Å². The van der Waals surface area contributed by atoms with E-state index in [1.807, 2.05) is 6.92 Å². The van der Waals surface area contributed by atoms with Crippen LogP contribution < -0.4 is 9.71 Å². The van der Waals surface area contributed by atoms with Crippen molar-refractivity contribution in [1.82, 2.24) is 4.98 Å². The van der Waals surface area contributed by atoms with Gasteiger partial charge in [0.2, 0.25) is 7.98 Å². The van der Waals surface area contributed by atoms with E-state index in [1.165, 1.54) is 5.69 Å². The number of fused-ring (bicyclic) bond motifs is 1. The van der Waals surface area contributed by atoms with Gasteiger partial charge in [-0.2, -0.15) is 0 Å². The summed E-state index contributed by atoms with van der Waals surface area (Å²) in [6.07, 6.45) is 0. The lowest BCUT2D eigenvalue weighted by molar-refractivity contribution is 0.830. The van der Waals surface area contributed by atoms with Gasteiger partial charge in [-0.3, -0.25) is 0 Å². The van der Waals surface area contributed by atoms with Gasteiger partial charge in [-0.05, 0) is 19.1 Å². The summed E-state index contributed by atoms with van der Waals surface area (Å²) in [5, 5.41) is 0.